The van der Waals surface area contributed by atoms with Crippen LogP contribution in [0.1, 0.15) is 5.56 Å². The highest BCUT2D eigenvalue weighted by molar-refractivity contribution is 5.88. The molecule has 0 aliphatic heterocycles. The number of nitro groups is 1. The van der Waals surface area contributed by atoms with E-state index in [9.17, 15) is 19.7 Å². The average Bonchev–Trinajstić information content (AvgIpc) is 2.71. The second-order valence-corrected chi connectivity index (χ2v) is 5.28. The minimum atomic E-state index is -0.654. The molecule has 0 bridgehead atoms. The summed E-state index contributed by atoms with van der Waals surface area (Å²) in [6, 6.07) is 10.0. The highest BCUT2D eigenvalue weighted by atomic mass is 16.6. The lowest BCUT2D eigenvalue weighted by Gasteiger charge is -2.10. The molecule has 0 radical (unpaired) electrons. The number of carbonyl (C=O) groups excluding carboxylic acids is 2. The van der Waals surface area contributed by atoms with Crippen LogP contribution in [0, 0.1) is 10.1 Å². The van der Waals surface area contributed by atoms with Gasteiger partial charge in [-0.1, -0.05) is 6.07 Å². The molecule has 0 saturated carbocycles. The zero-order valence-corrected chi connectivity index (χ0v) is 15.1. The number of nitro benzene ring substituents is 1. The van der Waals surface area contributed by atoms with Crippen molar-refractivity contribution in [3.8, 4) is 17.2 Å². The van der Waals surface area contributed by atoms with E-state index in [4.69, 9.17) is 14.2 Å². The predicted molar refractivity (Wildman–Crippen MR) is 98.3 cm³/mol. The highest BCUT2D eigenvalue weighted by Gasteiger charge is 2.09. The van der Waals surface area contributed by atoms with Crippen molar-refractivity contribution >= 4 is 23.7 Å². The molecule has 2 aromatic rings. The van der Waals surface area contributed by atoms with Crippen LogP contribution in [0.4, 0.5) is 5.69 Å². The summed E-state index contributed by atoms with van der Waals surface area (Å²) in [5.41, 5.74) is 0.528. The lowest BCUT2D eigenvalue weighted by molar-refractivity contribution is -0.384. The molecule has 2 rings (SSSR count). The Bertz CT molecular complexity index is 889. The molecule has 0 amide bonds. The number of rotatable bonds is 8. The minimum absolute atomic E-state index is 0.100. The number of non-ortho nitro benzene ring substituents is 1. The van der Waals surface area contributed by atoms with E-state index in [0.717, 1.165) is 0 Å². The number of nitrogens with zero attached hydrogens (tertiary/aromatic N) is 1. The first-order valence-corrected chi connectivity index (χ1v) is 7.95. The van der Waals surface area contributed by atoms with E-state index in [1.54, 1.807) is 18.2 Å². The maximum Gasteiger partial charge on any atom is 0.343 e. The molecule has 0 fully saturated rings. The minimum Gasteiger partial charge on any atom is -0.493 e. The molecule has 0 aliphatic rings. The zero-order chi connectivity index (χ0) is 20.5. The van der Waals surface area contributed by atoms with Crippen molar-refractivity contribution in [2.45, 2.75) is 0 Å². The first kappa shape index (κ1) is 20.4. The van der Waals surface area contributed by atoms with Gasteiger partial charge in [0.2, 0.25) is 0 Å². The molecule has 0 atom stereocenters. The summed E-state index contributed by atoms with van der Waals surface area (Å²) in [6.45, 7) is -0.260. The molecule has 0 unspecified atom stereocenters. The number of methoxy groups -OCH3 is 2. The van der Waals surface area contributed by atoms with E-state index >= 15 is 0 Å². The summed E-state index contributed by atoms with van der Waals surface area (Å²) >= 11 is 0. The fourth-order valence-corrected chi connectivity index (χ4v) is 2.05. The van der Waals surface area contributed by atoms with Crippen LogP contribution >= 0.6 is 0 Å². The van der Waals surface area contributed by atoms with Gasteiger partial charge in [-0.2, -0.15) is 0 Å². The molecule has 0 aliphatic carbocycles. The molecule has 9 nitrogen and oxygen atoms in total. The van der Waals surface area contributed by atoms with Gasteiger partial charge in [0.15, 0.2) is 18.1 Å². The Hall–Kier alpha value is -3.88. The van der Waals surface area contributed by atoms with Crippen molar-refractivity contribution in [1.82, 2.24) is 0 Å². The van der Waals surface area contributed by atoms with Crippen LogP contribution < -0.4 is 14.2 Å². The van der Waals surface area contributed by atoms with E-state index in [1.807, 2.05) is 0 Å². The number of hydrogen-bond acceptors (Lipinski definition) is 8. The molecule has 2 aromatic carbocycles. The van der Waals surface area contributed by atoms with Gasteiger partial charge in [-0.05, 0) is 35.9 Å². The number of benzene rings is 2. The van der Waals surface area contributed by atoms with Gasteiger partial charge >= 0.3 is 11.9 Å². The Balaban J connectivity index is 2.01. The van der Waals surface area contributed by atoms with Crippen LogP contribution in [0.5, 0.6) is 17.2 Å². The lowest BCUT2D eigenvalue weighted by Crippen LogP contribution is -2.12. The molecule has 0 saturated heterocycles. The molecule has 0 spiro atoms. The van der Waals surface area contributed by atoms with Gasteiger partial charge in [0.05, 0.1) is 19.1 Å². The van der Waals surface area contributed by atoms with E-state index in [0.29, 0.717) is 17.1 Å². The van der Waals surface area contributed by atoms with Gasteiger partial charge in [-0.25, -0.2) is 9.59 Å². The molecule has 0 heterocycles. The summed E-state index contributed by atoms with van der Waals surface area (Å²) in [6.07, 6.45) is 2.70. The van der Waals surface area contributed by atoms with Crippen LogP contribution in [0.3, 0.4) is 0 Å². The largest absolute Gasteiger partial charge is 0.493 e. The van der Waals surface area contributed by atoms with Crippen LogP contribution in [0.2, 0.25) is 0 Å². The summed E-state index contributed by atoms with van der Waals surface area (Å²) in [7, 11) is 2.70. The smallest absolute Gasteiger partial charge is 0.343 e. The summed E-state index contributed by atoms with van der Waals surface area (Å²) in [4.78, 5) is 33.1. The number of esters is 2. The van der Waals surface area contributed by atoms with Gasteiger partial charge in [-0.15, -0.1) is 0 Å². The number of carbonyl (C=O) groups is 2. The third-order valence-corrected chi connectivity index (χ3v) is 3.44. The van der Waals surface area contributed by atoms with Crippen molar-refractivity contribution in [3.63, 3.8) is 0 Å². The Morgan fingerprint density at radius 3 is 2.39 bits per heavy atom. The van der Waals surface area contributed by atoms with Crippen molar-refractivity contribution in [1.29, 1.82) is 0 Å². The maximum atomic E-state index is 11.9. The first-order valence-electron chi connectivity index (χ1n) is 7.95. The summed E-state index contributed by atoms with van der Waals surface area (Å²) in [5, 5.41) is 10.6. The Morgan fingerprint density at radius 2 is 1.79 bits per heavy atom. The van der Waals surface area contributed by atoms with Gasteiger partial charge < -0.3 is 18.9 Å². The Kier molecular flexibility index (Phi) is 7.09. The van der Waals surface area contributed by atoms with Gasteiger partial charge in [0, 0.05) is 18.2 Å². The van der Waals surface area contributed by atoms with E-state index < -0.39 is 16.9 Å². The average molecular weight is 387 g/mol. The fourth-order valence-electron chi connectivity index (χ4n) is 2.05. The van der Waals surface area contributed by atoms with Crippen molar-refractivity contribution in [3.05, 3.63) is 64.2 Å². The summed E-state index contributed by atoms with van der Waals surface area (Å²) < 4.78 is 20.1. The predicted octanol–water partition coefficient (Wildman–Crippen LogP) is 2.77. The molecule has 146 valence electrons. The molecular formula is C19H17NO8. The van der Waals surface area contributed by atoms with E-state index in [2.05, 4.69) is 4.74 Å². The lowest BCUT2D eigenvalue weighted by atomic mass is 10.2. The highest BCUT2D eigenvalue weighted by Crippen LogP contribution is 2.28. The van der Waals surface area contributed by atoms with Crippen molar-refractivity contribution in [2.24, 2.45) is 0 Å². The van der Waals surface area contributed by atoms with Crippen molar-refractivity contribution in [2.75, 3.05) is 20.8 Å². The Morgan fingerprint density at radius 1 is 1.07 bits per heavy atom. The van der Waals surface area contributed by atoms with Crippen LogP contribution in [-0.4, -0.2) is 37.7 Å². The van der Waals surface area contributed by atoms with Gasteiger partial charge in [0.25, 0.3) is 5.69 Å². The van der Waals surface area contributed by atoms with Crippen LogP contribution in [0.25, 0.3) is 6.08 Å². The third-order valence-electron chi connectivity index (χ3n) is 3.44. The van der Waals surface area contributed by atoms with Gasteiger partial charge in [-0.3, -0.25) is 10.1 Å². The van der Waals surface area contributed by atoms with Crippen molar-refractivity contribution < 1.29 is 33.5 Å². The quantitative estimate of drug-likeness (QED) is 0.223. The molecular weight excluding hydrogens is 370 g/mol. The fraction of sp³-hybridized carbons (Fsp3) is 0.158. The summed E-state index contributed by atoms with van der Waals surface area (Å²) in [5.74, 6) is -0.281. The molecule has 0 N–H and O–H groups in total. The second kappa shape index (κ2) is 9.72. The Labute approximate surface area is 160 Å². The van der Waals surface area contributed by atoms with Gasteiger partial charge in [0.1, 0.15) is 5.75 Å². The first-order chi connectivity index (χ1) is 13.4. The SMILES string of the molecule is COC(=O)COc1ccc(/C=C/C(=O)Oc2ccc([N+](=O)[O-])cc2)cc1OC. The molecule has 9 heteroatoms. The number of ether oxygens (including phenoxy) is 4. The normalized spacial score (nSPS) is 10.4. The monoisotopic (exact) mass is 387 g/mol. The molecule has 28 heavy (non-hydrogen) atoms. The zero-order valence-electron chi connectivity index (χ0n) is 15.1. The van der Waals surface area contributed by atoms with E-state index in [1.165, 1.54) is 50.6 Å². The number of hydrogen-bond donors (Lipinski definition) is 0. The molecule has 0 aromatic heterocycles. The van der Waals surface area contributed by atoms with E-state index in [-0.39, 0.29) is 18.0 Å². The maximum absolute atomic E-state index is 11.9. The standard InChI is InChI=1S/C19H17NO8/c1-25-17-11-13(3-9-16(17)27-12-19(22)26-2)4-10-18(21)28-15-7-5-14(6-8-15)20(23)24/h3-11H,12H2,1-2H3/b10-4+. The van der Waals surface area contributed by atoms with Crippen LogP contribution in [0.15, 0.2) is 48.5 Å². The van der Waals surface area contributed by atoms with Crippen LogP contribution in [-0.2, 0) is 14.3 Å². The topological polar surface area (TPSA) is 114 Å². The second-order valence-electron chi connectivity index (χ2n) is 5.28. The third kappa shape index (κ3) is 5.84.